The van der Waals surface area contributed by atoms with E-state index in [2.05, 4.69) is 0 Å². The molecule has 0 atom stereocenters. The van der Waals surface area contributed by atoms with Crippen molar-refractivity contribution in [3.63, 3.8) is 0 Å². The number of benzene rings is 2. The van der Waals surface area contributed by atoms with Gasteiger partial charge in [0.2, 0.25) is 5.75 Å². The molecule has 0 spiro atoms. The first-order valence-electron chi connectivity index (χ1n) is 5.83. The van der Waals surface area contributed by atoms with E-state index in [-0.39, 0.29) is 18.0 Å². The maximum atomic E-state index is 11.0. The summed E-state index contributed by atoms with van der Waals surface area (Å²) in [4.78, 5) is 10.5. The Morgan fingerprint density at radius 1 is 1.25 bits per heavy atom. The van der Waals surface area contributed by atoms with Gasteiger partial charge >= 0.3 is 5.69 Å². The van der Waals surface area contributed by atoms with Crippen molar-refractivity contribution in [1.82, 2.24) is 0 Å². The second kappa shape index (κ2) is 5.90. The number of nitro benzene ring substituents is 1. The Hall–Kier alpha value is -2.11. The van der Waals surface area contributed by atoms with E-state index < -0.39 is 4.92 Å². The Morgan fingerprint density at radius 2 is 2.00 bits per heavy atom. The first-order chi connectivity index (χ1) is 9.51. The average Bonchev–Trinajstić information content (AvgIpc) is 2.40. The van der Waals surface area contributed by atoms with Crippen LogP contribution >= 0.6 is 11.6 Å². The summed E-state index contributed by atoms with van der Waals surface area (Å²) in [5.74, 6) is 0.470. The van der Waals surface area contributed by atoms with Gasteiger partial charge in [-0.15, -0.1) is 0 Å². The van der Waals surface area contributed by atoms with Gasteiger partial charge in [-0.2, -0.15) is 0 Å². The zero-order valence-electron chi connectivity index (χ0n) is 10.7. The van der Waals surface area contributed by atoms with Gasteiger partial charge in [0, 0.05) is 16.7 Å². The predicted molar refractivity (Wildman–Crippen MR) is 75.3 cm³/mol. The number of halogens is 1. The number of rotatable bonds is 4. The summed E-state index contributed by atoms with van der Waals surface area (Å²) >= 11 is 5.83. The third kappa shape index (κ3) is 3.07. The number of aliphatic hydroxyl groups excluding tert-OH is 1. The van der Waals surface area contributed by atoms with E-state index in [9.17, 15) is 15.2 Å². The fourth-order valence-corrected chi connectivity index (χ4v) is 1.94. The quantitative estimate of drug-likeness (QED) is 0.686. The molecule has 2 aromatic rings. The smallest absolute Gasteiger partial charge is 0.311 e. The summed E-state index contributed by atoms with van der Waals surface area (Å²) in [5, 5.41) is 20.7. The van der Waals surface area contributed by atoms with E-state index in [1.54, 1.807) is 30.3 Å². The third-order valence-corrected chi connectivity index (χ3v) is 2.96. The summed E-state index contributed by atoms with van der Waals surface area (Å²) in [6.45, 7) is 1.54. The molecule has 0 aromatic heterocycles. The highest BCUT2D eigenvalue weighted by atomic mass is 35.5. The van der Waals surface area contributed by atoms with Crippen LogP contribution in [0, 0.1) is 17.0 Å². The lowest BCUT2D eigenvalue weighted by atomic mass is 10.2. The average molecular weight is 294 g/mol. The van der Waals surface area contributed by atoms with Crippen LogP contribution < -0.4 is 4.74 Å². The lowest BCUT2D eigenvalue weighted by molar-refractivity contribution is -0.385. The highest BCUT2D eigenvalue weighted by Gasteiger charge is 2.17. The molecule has 0 aliphatic carbocycles. The Labute approximate surface area is 120 Å². The minimum absolute atomic E-state index is 0.130. The summed E-state index contributed by atoms with van der Waals surface area (Å²) in [6.07, 6.45) is 0. The zero-order valence-corrected chi connectivity index (χ0v) is 11.4. The van der Waals surface area contributed by atoms with Gasteiger partial charge < -0.3 is 9.84 Å². The number of hydrogen-bond acceptors (Lipinski definition) is 4. The molecule has 20 heavy (non-hydrogen) atoms. The van der Waals surface area contributed by atoms with Gasteiger partial charge in [-0.3, -0.25) is 10.1 Å². The molecule has 0 saturated carbocycles. The van der Waals surface area contributed by atoms with E-state index >= 15 is 0 Å². The maximum Gasteiger partial charge on any atom is 0.311 e. The van der Waals surface area contributed by atoms with Crippen LogP contribution in [0.1, 0.15) is 11.1 Å². The van der Waals surface area contributed by atoms with Crippen LogP contribution in [0.3, 0.4) is 0 Å². The van der Waals surface area contributed by atoms with Crippen LogP contribution in [0.25, 0.3) is 0 Å². The predicted octanol–water partition coefficient (Wildman–Crippen LogP) is 3.84. The van der Waals surface area contributed by atoms with Crippen molar-refractivity contribution in [3.8, 4) is 11.5 Å². The van der Waals surface area contributed by atoms with E-state index in [4.69, 9.17) is 16.3 Å². The molecule has 0 aliphatic rings. The summed E-state index contributed by atoms with van der Waals surface area (Å²) in [5.41, 5.74) is 1.17. The van der Waals surface area contributed by atoms with Gasteiger partial charge in [0.1, 0.15) is 5.75 Å². The number of aryl methyl sites for hydroxylation is 1. The lowest BCUT2D eigenvalue weighted by Crippen LogP contribution is -1.96. The van der Waals surface area contributed by atoms with Crippen molar-refractivity contribution in [2.75, 3.05) is 0 Å². The number of nitro groups is 1. The van der Waals surface area contributed by atoms with E-state index in [1.807, 2.05) is 6.92 Å². The van der Waals surface area contributed by atoms with Crippen molar-refractivity contribution in [2.24, 2.45) is 0 Å². The van der Waals surface area contributed by atoms with Gasteiger partial charge in [-0.25, -0.2) is 0 Å². The normalized spacial score (nSPS) is 10.3. The van der Waals surface area contributed by atoms with Gasteiger partial charge in [-0.05, 0) is 36.8 Å². The van der Waals surface area contributed by atoms with Crippen molar-refractivity contribution >= 4 is 17.3 Å². The molecule has 0 amide bonds. The number of aliphatic hydroxyl groups is 1. The fourth-order valence-electron chi connectivity index (χ4n) is 1.74. The molecule has 0 heterocycles. The topological polar surface area (TPSA) is 72.6 Å². The molecule has 0 saturated heterocycles. The van der Waals surface area contributed by atoms with Gasteiger partial charge in [0.05, 0.1) is 11.5 Å². The van der Waals surface area contributed by atoms with Crippen LogP contribution in [0.15, 0.2) is 36.4 Å². The molecule has 2 aromatic carbocycles. The van der Waals surface area contributed by atoms with Crippen molar-refractivity contribution < 1.29 is 14.8 Å². The SMILES string of the molecule is Cc1ccc([N+](=O)[O-])c(Oc2ccc(Cl)cc2CO)c1. The van der Waals surface area contributed by atoms with E-state index in [0.717, 1.165) is 5.56 Å². The van der Waals surface area contributed by atoms with Crippen LogP contribution in [0.4, 0.5) is 5.69 Å². The molecular weight excluding hydrogens is 282 g/mol. The van der Waals surface area contributed by atoms with E-state index in [1.165, 1.54) is 6.07 Å². The summed E-state index contributed by atoms with van der Waals surface area (Å²) in [6, 6.07) is 9.32. The standard InChI is InChI=1S/C14H12ClNO4/c1-9-2-4-12(16(18)19)14(6-9)20-13-5-3-11(15)7-10(13)8-17/h2-7,17H,8H2,1H3. The molecule has 2 rings (SSSR count). The van der Waals surface area contributed by atoms with Crippen molar-refractivity contribution in [3.05, 3.63) is 62.7 Å². The minimum Gasteiger partial charge on any atom is -0.450 e. The molecular formula is C14H12ClNO4. The van der Waals surface area contributed by atoms with Crippen molar-refractivity contribution in [2.45, 2.75) is 13.5 Å². The van der Waals surface area contributed by atoms with Crippen LogP contribution in [-0.2, 0) is 6.61 Å². The molecule has 0 fully saturated rings. The van der Waals surface area contributed by atoms with Crippen LogP contribution in [-0.4, -0.2) is 10.0 Å². The second-order valence-electron chi connectivity index (χ2n) is 4.24. The highest BCUT2D eigenvalue weighted by molar-refractivity contribution is 6.30. The number of hydrogen-bond donors (Lipinski definition) is 1. The molecule has 0 bridgehead atoms. The van der Waals surface area contributed by atoms with Crippen LogP contribution in [0.5, 0.6) is 11.5 Å². The fraction of sp³-hybridized carbons (Fsp3) is 0.143. The monoisotopic (exact) mass is 293 g/mol. The first-order valence-corrected chi connectivity index (χ1v) is 6.21. The largest absolute Gasteiger partial charge is 0.450 e. The molecule has 1 N–H and O–H groups in total. The number of ether oxygens (including phenoxy) is 1. The summed E-state index contributed by atoms with van der Waals surface area (Å²) < 4.78 is 5.57. The van der Waals surface area contributed by atoms with Gasteiger partial charge in [-0.1, -0.05) is 17.7 Å². The van der Waals surface area contributed by atoms with Gasteiger partial charge in [0.25, 0.3) is 0 Å². The number of nitrogens with zero attached hydrogens (tertiary/aromatic N) is 1. The third-order valence-electron chi connectivity index (χ3n) is 2.72. The molecule has 6 heteroatoms. The highest BCUT2D eigenvalue weighted by Crippen LogP contribution is 2.34. The summed E-state index contributed by atoms with van der Waals surface area (Å²) in [7, 11) is 0. The minimum atomic E-state index is -0.511. The molecule has 0 aliphatic heterocycles. The Bertz CT molecular complexity index is 658. The van der Waals surface area contributed by atoms with Gasteiger partial charge in [0.15, 0.2) is 0 Å². The second-order valence-corrected chi connectivity index (χ2v) is 4.68. The lowest BCUT2D eigenvalue weighted by Gasteiger charge is -2.10. The molecule has 104 valence electrons. The molecule has 0 unspecified atom stereocenters. The maximum absolute atomic E-state index is 11.0. The Kier molecular flexibility index (Phi) is 4.22. The Balaban J connectivity index is 2.44. The van der Waals surface area contributed by atoms with Crippen LogP contribution in [0.2, 0.25) is 5.02 Å². The first kappa shape index (κ1) is 14.3. The van der Waals surface area contributed by atoms with E-state index in [0.29, 0.717) is 16.3 Å². The zero-order chi connectivity index (χ0) is 14.7. The molecule has 0 radical (unpaired) electrons. The Morgan fingerprint density at radius 3 is 2.65 bits per heavy atom. The van der Waals surface area contributed by atoms with Crippen molar-refractivity contribution in [1.29, 1.82) is 0 Å². The molecule has 5 nitrogen and oxygen atoms in total.